The van der Waals surface area contributed by atoms with Gasteiger partial charge in [-0.15, -0.1) is 0 Å². The summed E-state index contributed by atoms with van der Waals surface area (Å²) in [6, 6.07) is 2.41. The second-order valence-corrected chi connectivity index (χ2v) is 6.24. The number of piperidine rings is 1. The van der Waals surface area contributed by atoms with Gasteiger partial charge in [-0.25, -0.2) is 0 Å². The van der Waals surface area contributed by atoms with Crippen molar-refractivity contribution < 1.29 is 4.79 Å². The van der Waals surface area contributed by atoms with Crippen molar-refractivity contribution in [2.45, 2.75) is 51.6 Å². The molecule has 1 saturated carbocycles. The number of nitrogens with zero attached hydrogens (tertiary/aromatic N) is 3. The molecule has 2 unspecified atom stereocenters. The molecular formula is C15H24N4O. The summed E-state index contributed by atoms with van der Waals surface area (Å²) in [6.07, 6.45) is 4.60. The van der Waals surface area contributed by atoms with Gasteiger partial charge in [0.05, 0.1) is 11.7 Å². The minimum Gasteiger partial charge on any atom is -0.303 e. The number of amides is 1. The van der Waals surface area contributed by atoms with Gasteiger partial charge < -0.3 is 5.32 Å². The van der Waals surface area contributed by atoms with Crippen LogP contribution in [0.5, 0.6) is 0 Å². The van der Waals surface area contributed by atoms with E-state index in [9.17, 15) is 4.79 Å². The number of hydrogen-bond acceptors (Lipinski definition) is 3. The molecule has 1 aromatic heterocycles. The highest BCUT2D eigenvalue weighted by Gasteiger charge is 2.35. The van der Waals surface area contributed by atoms with Crippen molar-refractivity contribution in [1.82, 2.24) is 15.1 Å². The third-order valence-corrected chi connectivity index (χ3v) is 4.49. The summed E-state index contributed by atoms with van der Waals surface area (Å²) in [7, 11) is 1.90. The van der Waals surface area contributed by atoms with E-state index in [4.69, 9.17) is 0 Å². The Kier molecular flexibility index (Phi) is 3.54. The maximum atomic E-state index is 12.7. The molecule has 1 aliphatic heterocycles. The number of aryl methyl sites for hydroxylation is 2. The molecule has 110 valence electrons. The Morgan fingerprint density at radius 3 is 2.75 bits per heavy atom. The molecule has 2 atom stereocenters. The number of aromatic nitrogens is 2. The molecule has 1 N–H and O–H groups in total. The van der Waals surface area contributed by atoms with E-state index in [0.717, 1.165) is 36.8 Å². The maximum absolute atomic E-state index is 12.7. The van der Waals surface area contributed by atoms with Crippen LogP contribution in [0, 0.1) is 12.8 Å². The Morgan fingerprint density at radius 1 is 1.40 bits per heavy atom. The molecule has 2 aliphatic rings. The monoisotopic (exact) mass is 276 g/mol. The standard InChI is InChI=1S/C15H24N4O/c1-10-9-14(18(3)17-10)19-8-4-5-13(15(19)20)16-11(2)12-6-7-12/h9,11-13,16H,4-8H2,1-3H3. The lowest BCUT2D eigenvalue weighted by Gasteiger charge is -2.34. The molecule has 5 nitrogen and oxygen atoms in total. The van der Waals surface area contributed by atoms with Crippen molar-refractivity contribution in [1.29, 1.82) is 0 Å². The van der Waals surface area contributed by atoms with Crippen LogP contribution in [0.15, 0.2) is 6.07 Å². The van der Waals surface area contributed by atoms with Crippen LogP contribution in [-0.4, -0.2) is 34.3 Å². The Hall–Kier alpha value is -1.36. The third-order valence-electron chi connectivity index (χ3n) is 4.49. The van der Waals surface area contributed by atoms with Crippen molar-refractivity contribution >= 4 is 11.7 Å². The molecule has 0 radical (unpaired) electrons. The van der Waals surface area contributed by atoms with Gasteiger partial charge in [0.25, 0.3) is 0 Å². The van der Waals surface area contributed by atoms with Crippen molar-refractivity contribution in [3.63, 3.8) is 0 Å². The van der Waals surface area contributed by atoms with E-state index in [1.807, 2.05) is 24.9 Å². The summed E-state index contributed by atoms with van der Waals surface area (Å²) in [5.74, 6) is 1.89. The molecule has 1 aliphatic carbocycles. The molecular weight excluding hydrogens is 252 g/mol. The Morgan fingerprint density at radius 2 is 2.15 bits per heavy atom. The van der Waals surface area contributed by atoms with E-state index in [1.165, 1.54) is 12.8 Å². The largest absolute Gasteiger partial charge is 0.303 e. The summed E-state index contributed by atoms with van der Waals surface area (Å²) >= 11 is 0. The predicted octanol–water partition coefficient (Wildman–Crippen LogP) is 1.61. The minimum atomic E-state index is -0.0328. The van der Waals surface area contributed by atoms with Crippen molar-refractivity contribution in [2.24, 2.45) is 13.0 Å². The van der Waals surface area contributed by atoms with Gasteiger partial charge in [-0.2, -0.15) is 5.10 Å². The van der Waals surface area contributed by atoms with E-state index >= 15 is 0 Å². The highest BCUT2D eigenvalue weighted by molar-refractivity contribution is 5.97. The van der Waals surface area contributed by atoms with Gasteiger partial charge in [0, 0.05) is 25.7 Å². The first kappa shape index (κ1) is 13.6. The first-order chi connectivity index (χ1) is 9.56. The van der Waals surface area contributed by atoms with E-state index < -0.39 is 0 Å². The van der Waals surface area contributed by atoms with Crippen molar-refractivity contribution in [3.05, 3.63) is 11.8 Å². The van der Waals surface area contributed by atoms with E-state index in [-0.39, 0.29) is 11.9 Å². The molecule has 0 spiro atoms. The number of nitrogens with one attached hydrogen (secondary N) is 1. The topological polar surface area (TPSA) is 50.2 Å². The first-order valence-corrected chi connectivity index (χ1v) is 7.64. The summed E-state index contributed by atoms with van der Waals surface area (Å²) in [5.41, 5.74) is 0.955. The fraction of sp³-hybridized carbons (Fsp3) is 0.733. The number of carbonyl (C=O) groups is 1. The number of anilines is 1. The average molecular weight is 276 g/mol. The van der Waals surface area contributed by atoms with Gasteiger partial charge in [-0.3, -0.25) is 14.4 Å². The van der Waals surface area contributed by atoms with Crippen LogP contribution >= 0.6 is 0 Å². The van der Waals surface area contributed by atoms with Gasteiger partial charge >= 0.3 is 0 Å². The van der Waals surface area contributed by atoms with Crippen molar-refractivity contribution in [2.75, 3.05) is 11.4 Å². The predicted molar refractivity (Wildman–Crippen MR) is 78.6 cm³/mol. The second kappa shape index (κ2) is 5.20. The summed E-state index contributed by atoms with van der Waals surface area (Å²) < 4.78 is 1.81. The van der Waals surface area contributed by atoms with Gasteiger partial charge in [0.2, 0.25) is 5.91 Å². The fourth-order valence-corrected chi connectivity index (χ4v) is 3.16. The molecule has 0 bridgehead atoms. The van der Waals surface area contributed by atoms with Crippen LogP contribution in [0.2, 0.25) is 0 Å². The summed E-state index contributed by atoms with van der Waals surface area (Å²) in [5, 5.41) is 7.88. The van der Waals surface area contributed by atoms with Crippen LogP contribution < -0.4 is 10.2 Å². The fourth-order valence-electron chi connectivity index (χ4n) is 3.16. The molecule has 1 saturated heterocycles. The van der Waals surface area contributed by atoms with E-state index in [0.29, 0.717) is 6.04 Å². The number of rotatable bonds is 4. The van der Waals surface area contributed by atoms with Gasteiger partial charge in [0.1, 0.15) is 5.82 Å². The lowest BCUT2D eigenvalue weighted by molar-refractivity contribution is -0.122. The SMILES string of the molecule is Cc1cc(N2CCCC(NC(C)C3CC3)C2=O)n(C)n1. The van der Waals surface area contributed by atoms with Gasteiger partial charge in [-0.05, 0) is 45.4 Å². The normalized spacial score (nSPS) is 25.1. The third kappa shape index (κ3) is 2.59. The molecule has 2 heterocycles. The van der Waals surface area contributed by atoms with Crippen LogP contribution in [0.25, 0.3) is 0 Å². The van der Waals surface area contributed by atoms with Crippen LogP contribution in [0.4, 0.5) is 5.82 Å². The molecule has 3 rings (SSSR count). The van der Waals surface area contributed by atoms with Crippen LogP contribution in [-0.2, 0) is 11.8 Å². The lowest BCUT2D eigenvalue weighted by Crippen LogP contribution is -2.53. The van der Waals surface area contributed by atoms with Crippen LogP contribution in [0.3, 0.4) is 0 Å². The zero-order valence-corrected chi connectivity index (χ0v) is 12.6. The summed E-state index contributed by atoms with van der Waals surface area (Å²) in [4.78, 5) is 14.6. The summed E-state index contributed by atoms with van der Waals surface area (Å²) in [6.45, 7) is 4.97. The highest BCUT2D eigenvalue weighted by Crippen LogP contribution is 2.33. The van der Waals surface area contributed by atoms with Gasteiger partial charge in [-0.1, -0.05) is 0 Å². The second-order valence-electron chi connectivity index (χ2n) is 6.24. The average Bonchev–Trinajstić information content (AvgIpc) is 3.18. The van der Waals surface area contributed by atoms with Gasteiger partial charge in [0.15, 0.2) is 0 Å². The quantitative estimate of drug-likeness (QED) is 0.909. The Balaban J connectivity index is 1.72. The number of carbonyl (C=O) groups excluding carboxylic acids is 1. The van der Waals surface area contributed by atoms with Crippen molar-refractivity contribution in [3.8, 4) is 0 Å². The molecule has 2 fully saturated rings. The molecule has 1 aromatic rings. The molecule has 20 heavy (non-hydrogen) atoms. The number of hydrogen-bond donors (Lipinski definition) is 1. The first-order valence-electron chi connectivity index (χ1n) is 7.64. The van der Waals surface area contributed by atoms with E-state index in [2.05, 4.69) is 17.3 Å². The maximum Gasteiger partial charge on any atom is 0.245 e. The lowest BCUT2D eigenvalue weighted by atomic mass is 10.0. The zero-order chi connectivity index (χ0) is 14.3. The minimum absolute atomic E-state index is 0.0328. The highest BCUT2D eigenvalue weighted by atomic mass is 16.2. The smallest absolute Gasteiger partial charge is 0.245 e. The zero-order valence-electron chi connectivity index (χ0n) is 12.6. The van der Waals surface area contributed by atoms with Crippen LogP contribution in [0.1, 0.15) is 38.3 Å². The molecule has 5 heteroatoms. The molecule has 1 amide bonds. The Labute approximate surface area is 120 Å². The Bertz CT molecular complexity index is 506. The molecule has 0 aromatic carbocycles. The van der Waals surface area contributed by atoms with E-state index in [1.54, 1.807) is 4.68 Å².